The van der Waals surface area contributed by atoms with E-state index in [-0.39, 0.29) is 5.75 Å². The molecule has 0 fully saturated rings. The minimum Gasteiger partial charge on any atom is -0.497 e. The summed E-state index contributed by atoms with van der Waals surface area (Å²) in [6, 6.07) is 16.0. The van der Waals surface area contributed by atoms with Crippen molar-refractivity contribution < 1.29 is 35.9 Å². The molecule has 1 aromatic heterocycles. The standard InChI is InChI=1S/C30H29ClF3NO5S2/c1-28(2,20-13-23(39-5)16-24(14-20)40-30(32,33)34)19-11-21(31)15-22(12-19)35-27(36)26-10-17-9-18(7-8-25(17)41-26)29(3,4)42(6,37)38/h7-16H,1-6H3,(H,35,36). The Kier molecular flexibility index (Phi) is 8.36. The minimum absolute atomic E-state index is 0.184. The van der Waals surface area contributed by atoms with Gasteiger partial charge in [-0.15, -0.1) is 24.5 Å². The number of alkyl halides is 3. The van der Waals surface area contributed by atoms with Gasteiger partial charge in [-0.25, -0.2) is 8.42 Å². The number of hydrogen-bond donors (Lipinski definition) is 1. The van der Waals surface area contributed by atoms with Crippen molar-refractivity contribution in [3.05, 3.63) is 87.3 Å². The third kappa shape index (κ3) is 6.68. The lowest BCUT2D eigenvalue weighted by Gasteiger charge is -2.28. The zero-order valence-electron chi connectivity index (χ0n) is 23.6. The molecule has 42 heavy (non-hydrogen) atoms. The third-order valence-electron chi connectivity index (χ3n) is 7.31. The first-order chi connectivity index (χ1) is 19.3. The summed E-state index contributed by atoms with van der Waals surface area (Å²) < 4.78 is 72.5. The average Bonchev–Trinajstić information content (AvgIpc) is 3.30. The van der Waals surface area contributed by atoms with Gasteiger partial charge in [0.1, 0.15) is 11.5 Å². The predicted molar refractivity (Wildman–Crippen MR) is 161 cm³/mol. The van der Waals surface area contributed by atoms with Crippen LogP contribution in [0.4, 0.5) is 18.9 Å². The summed E-state index contributed by atoms with van der Waals surface area (Å²) >= 11 is 7.67. The molecule has 6 nitrogen and oxygen atoms in total. The van der Waals surface area contributed by atoms with Crippen molar-refractivity contribution >= 4 is 54.5 Å². The van der Waals surface area contributed by atoms with Crippen molar-refractivity contribution in [2.75, 3.05) is 18.7 Å². The van der Waals surface area contributed by atoms with Crippen LogP contribution in [-0.4, -0.2) is 34.1 Å². The topological polar surface area (TPSA) is 81.7 Å². The molecule has 4 aromatic rings. The van der Waals surface area contributed by atoms with E-state index in [2.05, 4.69) is 10.1 Å². The molecule has 0 saturated carbocycles. The quantitative estimate of drug-likeness (QED) is 0.210. The molecule has 0 saturated heterocycles. The van der Waals surface area contributed by atoms with Crippen LogP contribution in [0, 0.1) is 0 Å². The van der Waals surface area contributed by atoms with Crippen LogP contribution >= 0.6 is 22.9 Å². The molecule has 12 heteroatoms. The predicted octanol–water partition coefficient (Wildman–Crippen LogP) is 8.32. The second kappa shape index (κ2) is 11.1. The van der Waals surface area contributed by atoms with E-state index in [9.17, 15) is 26.4 Å². The third-order valence-corrected chi connectivity index (χ3v) is 10.7. The van der Waals surface area contributed by atoms with Crippen molar-refractivity contribution in [2.24, 2.45) is 0 Å². The van der Waals surface area contributed by atoms with E-state index in [1.165, 1.54) is 30.8 Å². The lowest BCUT2D eigenvalue weighted by Crippen LogP contribution is -2.27. The number of rotatable bonds is 8. The Labute approximate surface area is 251 Å². The summed E-state index contributed by atoms with van der Waals surface area (Å²) in [5.41, 5.74) is 1.23. The Morgan fingerprint density at radius 3 is 2.14 bits per heavy atom. The maximum Gasteiger partial charge on any atom is 0.573 e. The van der Waals surface area contributed by atoms with Crippen molar-refractivity contribution in [1.82, 2.24) is 0 Å². The summed E-state index contributed by atoms with van der Waals surface area (Å²) in [7, 11) is -2.04. The molecule has 0 unspecified atom stereocenters. The molecule has 0 aliphatic rings. The number of thiophene rings is 1. The Hall–Kier alpha value is -3.28. The summed E-state index contributed by atoms with van der Waals surface area (Å²) in [5, 5.41) is 3.90. The maximum absolute atomic E-state index is 13.2. The van der Waals surface area contributed by atoms with Gasteiger partial charge < -0.3 is 14.8 Å². The Morgan fingerprint density at radius 1 is 0.881 bits per heavy atom. The van der Waals surface area contributed by atoms with Crippen LogP contribution in [-0.2, 0) is 20.0 Å². The van der Waals surface area contributed by atoms with E-state index in [0.29, 0.717) is 32.3 Å². The number of amides is 1. The molecular formula is C30H29ClF3NO5S2. The number of sulfone groups is 1. The largest absolute Gasteiger partial charge is 0.573 e. The summed E-state index contributed by atoms with van der Waals surface area (Å²) in [6.45, 7) is 6.88. The van der Waals surface area contributed by atoms with Crippen LogP contribution < -0.4 is 14.8 Å². The molecule has 1 N–H and O–H groups in total. The highest BCUT2D eigenvalue weighted by atomic mass is 35.5. The molecule has 0 atom stereocenters. The maximum atomic E-state index is 13.2. The number of fused-ring (bicyclic) bond motifs is 1. The lowest BCUT2D eigenvalue weighted by molar-refractivity contribution is -0.274. The molecule has 224 valence electrons. The lowest BCUT2D eigenvalue weighted by atomic mass is 9.78. The zero-order chi connectivity index (χ0) is 31.3. The normalized spacial score (nSPS) is 12.8. The fourth-order valence-corrected chi connectivity index (χ4v) is 6.10. The molecule has 0 radical (unpaired) electrons. The molecule has 1 amide bonds. The number of nitrogens with one attached hydrogen (secondary N) is 1. The highest BCUT2D eigenvalue weighted by Gasteiger charge is 2.34. The fraction of sp³-hybridized carbons (Fsp3) is 0.300. The molecule has 4 rings (SSSR count). The van der Waals surface area contributed by atoms with Crippen molar-refractivity contribution in [3.63, 3.8) is 0 Å². The number of benzene rings is 3. The number of methoxy groups -OCH3 is 1. The van der Waals surface area contributed by atoms with Gasteiger partial charge in [-0.3, -0.25) is 4.79 Å². The van der Waals surface area contributed by atoms with Crippen molar-refractivity contribution in [2.45, 2.75) is 44.2 Å². The second-order valence-electron chi connectivity index (χ2n) is 10.9. The van der Waals surface area contributed by atoms with Gasteiger partial charge in [-0.1, -0.05) is 31.5 Å². The Balaban J connectivity index is 1.65. The van der Waals surface area contributed by atoms with E-state index < -0.39 is 38.0 Å². The van der Waals surface area contributed by atoms with E-state index in [0.717, 1.165) is 16.2 Å². The van der Waals surface area contributed by atoms with Gasteiger partial charge in [-0.05, 0) is 84.5 Å². The monoisotopic (exact) mass is 639 g/mol. The first kappa shape index (κ1) is 31.7. The van der Waals surface area contributed by atoms with Gasteiger partial charge in [0.2, 0.25) is 0 Å². The van der Waals surface area contributed by atoms with Crippen LogP contribution in [0.25, 0.3) is 10.1 Å². The molecule has 1 heterocycles. The van der Waals surface area contributed by atoms with Gasteiger partial charge in [-0.2, -0.15) is 0 Å². The van der Waals surface area contributed by atoms with E-state index in [1.54, 1.807) is 76.2 Å². The van der Waals surface area contributed by atoms with E-state index in [1.807, 2.05) is 0 Å². The molecule has 3 aromatic carbocycles. The first-order valence-corrected chi connectivity index (χ1v) is 15.7. The van der Waals surface area contributed by atoms with Crippen molar-refractivity contribution in [1.29, 1.82) is 0 Å². The highest BCUT2D eigenvalue weighted by molar-refractivity contribution is 7.91. The molecule has 0 aliphatic carbocycles. The van der Waals surface area contributed by atoms with Gasteiger partial charge in [0.05, 0.1) is 16.7 Å². The average molecular weight is 640 g/mol. The molecule has 0 bridgehead atoms. The van der Waals surface area contributed by atoms with Crippen LogP contribution in [0.3, 0.4) is 0 Å². The van der Waals surface area contributed by atoms with Crippen molar-refractivity contribution in [3.8, 4) is 11.5 Å². The van der Waals surface area contributed by atoms with Gasteiger partial charge in [0, 0.05) is 33.1 Å². The summed E-state index contributed by atoms with van der Waals surface area (Å²) in [4.78, 5) is 13.7. The van der Waals surface area contributed by atoms with Gasteiger partial charge >= 0.3 is 6.36 Å². The molecule has 0 spiro atoms. The smallest absolute Gasteiger partial charge is 0.497 e. The van der Waals surface area contributed by atoms with Gasteiger partial charge in [0.15, 0.2) is 9.84 Å². The number of ether oxygens (including phenoxy) is 2. The van der Waals surface area contributed by atoms with E-state index in [4.69, 9.17) is 16.3 Å². The minimum atomic E-state index is -4.88. The van der Waals surface area contributed by atoms with Crippen LogP contribution in [0.15, 0.2) is 60.7 Å². The van der Waals surface area contributed by atoms with Crippen LogP contribution in [0.1, 0.15) is 54.1 Å². The number of anilines is 1. The van der Waals surface area contributed by atoms with Crippen LogP contribution in [0.2, 0.25) is 5.02 Å². The second-order valence-corrected chi connectivity index (χ2v) is 15.0. The number of carbonyl (C=O) groups is 1. The zero-order valence-corrected chi connectivity index (χ0v) is 26.0. The van der Waals surface area contributed by atoms with Gasteiger partial charge in [0.25, 0.3) is 5.91 Å². The molecular weight excluding hydrogens is 611 g/mol. The summed E-state index contributed by atoms with van der Waals surface area (Å²) in [6.07, 6.45) is -3.69. The number of carbonyl (C=O) groups excluding carboxylic acids is 1. The first-order valence-electron chi connectivity index (χ1n) is 12.6. The Morgan fingerprint density at radius 2 is 1.52 bits per heavy atom. The highest BCUT2D eigenvalue weighted by Crippen LogP contribution is 2.40. The summed E-state index contributed by atoms with van der Waals surface area (Å²) in [5.74, 6) is -0.634. The Bertz CT molecular complexity index is 1780. The number of halogens is 4. The van der Waals surface area contributed by atoms with Crippen LogP contribution in [0.5, 0.6) is 11.5 Å². The SMILES string of the molecule is COc1cc(OC(F)(F)F)cc(C(C)(C)c2cc(Cl)cc(NC(=O)c3cc4cc(C(C)(C)S(C)(=O)=O)ccc4s3)c2)c1. The fourth-order valence-electron chi connectivity index (χ4n) is 4.37. The number of hydrogen-bond acceptors (Lipinski definition) is 6. The van der Waals surface area contributed by atoms with E-state index >= 15 is 0 Å². The molecule has 0 aliphatic heterocycles.